The number of nitrogens with one attached hydrogen (secondary N) is 1. The molecule has 0 unspecified atom stereocenters. The van der Waals surface area contributed by atoms with E-state index in [0.717, 1.165) is 6.54 Å². The molecular formula is C23H32N4O3. The smallest absolute Gasteiger partial charge is 0.281 e. The van der Waals surface area contributed by atoms with Gasteiger partial charge in [-0.1, -0.05) is 50.2 Å². The van der Waals surface area contributed by atoms with Crippen LogP contribution in [0.25, 0.3) is 6.08 Å². The molecular weight excluding hydrogens is 380 g/mol. The lowest BCUT2D eigenvalue weighted by Gasteiger charge is -2.25. The second-order valence-corrected chi connectivity index (χ2v) is 7.77. The number of hydrogen-bond donors (Lipinski definition) is 4. The molecule has 2 rings (SSSR count). The standard InChI is InChI=1S/C23H32N4O3/c1-16(2)18-10-8-17(9-11-18)15-26(3)12-13-27(4)20(23(30)25-24)14-19-6-5-7-21(28)22(19)29/h5-11,14,16,28-29H,12-13,15,24H2,1-4H3,(H,25,30)/b20-14+. The number of aromatic hydroxyl groups is 2. The quantitative estimate of drug-likeness (QED) is 0.166. The highest BCUT2D eigenvalue weighted by atomic mass is 16.3. The van der Waals surface area contributed by atoms with Gasteiger partial charge in [0.2, 0.25) is 0 Å². The molecule has 0 aromatic heterocycles. The Bertz CT molecular complexity index is 879. The van der Waals surface area contributed by atoms with Gasteiger partial charge in [0.05, 0.1) is 0 Å². The van der Waals surface area contributed by atoms with E-state index in [2.05, 4.69) is 48.4 Å². The lowest BCUT2D eigenvalue weighted by Crippen LogP contribution is -2.39. The Labute approximate surface area is 178 Å². The minimum atomic E-state index is -0.479. The van der Waals surface area contributed by atoms with Crippen LogP contribution in [0.5, 0.6) is 11.5 Å². The highest BCUT2D eigenvalue weighted by Gasteiger charge is 2.16. The molecule has 0 fully saturated rings. The van der Waals surface area contributed by atoms with E-state index >= 15 is 0 Å². The summed E-state index contributed by atoms with van der Waals surface area (Å²) in [5.74, 6) is 4.83. The predicted molar refractivity (Wildman–Crippen MR) is 120 cm³/mol. The van der Waals surface area contributed by atoms with Gasteiger partial charge in [0.25, 0.3) is 5.91 Å². The van der Waals surface area contributed by atoms with Crippen LogP contribution >= 0.6 is 0 Å². The number of hydrazine groups is 1. The van der Waals surface area contributed by atoms with E-state index < -0.39 is 5.91 Å². The maximum absolute atomic E-state index is 12.3. The van der Waals surface area contributed by atoms with Crippen LogP contribution in [0.4, 0.5) is 0 Å². The van der Waals surface area contributed by atoms with Gasteiger partial charge in [0.1, 0.15) is 5.70 Å². The van der Waals surface area contributed by atoms with Crippen LogP contribution in [0.2, 0.25) is 0 Å². The largest absolute Gasteiger partial charge is 0.504 e. The molecule has 7 heteroatoms. The van der Waals surface area contributed by atoms with Crippen molar-refractivity contribution in [3.05, 3.63) is 64.9 Å². The molecule has 1 amide bonds. The van der Waals surface area contributed by atoms with Crippen molar-refractivity contribution >= 4 is 12.0 Å². The van der Waals surface area contributed by atoms with Gasteiger partial charge >= 0.3 is 0 Å². The van der Waals surface area contributed by atoms with Crippen LogP contribution in [0.3, 0.4) is 0 Å². The summed E-state index contributed by atoms with van der Waals surface area (Å²) in [4.78, 5) is 16.2. The number of amides is 1. The predicted octanol–water partition coefficient (Wildman–Crippen LogP) is 2.62. The Hall–Kier alpha value is -3.03. The first kappa shape index (κ1) is 23.3. The van der Waals surface area contributed by atoms with Crippen molar-refractivity contribution < 1.29 is 15.0 Å². The Morgan fingerprint density at radius 2 is 1.77 bits per heavy atom. The Kier molecular flexibility index (Phi) is 8.26. The molecule has 7 nitrogen and oxygen atoms in total. The summed E-state index contributed by atoms with van der Waals surface area (Å²) in [5, 5.41) is 19.7. The number of rotatable bonds is 9. The number of phenols is 2. The summed E-state index contributed by atoms with van der Waals surface area (Å²) in [6.07, 6.45) is 1.50. The zero-order valence-corrected chi connectivity index (χ0v) is 18.1. The fourth-order valence-electron chi connectivity index (χ4n) is 3.08. The third kappa shape index (κ3) is 6.23. The zero-order chi connectivity index (χ0) is 22.3. The number of nitrogens with two attached hydrogens (primary N) is 1. The fourth-order valence-corrected chi connectivity index (χ4v) is 3.08. The average molecular weight is 413 g/mol. The number of phenolic OH excluding ortho intramolecular Hbond substituents is 2. The number of benzene rings is 2. The van der Waals surface area contributed by atoms with Crippen LogP contribution in [0, 0.1) is 0 Å². The first-order valence-electron chi connectivity index (χ1n) is 9.95. The number of para-hydroxylation sites is 1. The number of hydrogen-bond acceptors (Lipinski definition) is 6. The summed E-state index contributed by atoms with van der Waals surface area (Å²) < 4.78 is 0. The van der Waals surface area contributed by atoms with Crippen LogP contribution in [0.1, 0.15) is 36.5 Å². The SMILES string of the molecule is CC(C)c1ccc(CN(C)CCN(C)/C(=C/c2cccc(O)c2O)C(=O)NN)cc1. The highest BCUT2D eigenvalue weighted by Crippen LogP contribution is 2.30. The summed E-state index contributed by atoms with van der Waals surface area (Å²) >= 11 is 0. The summed E-state index contributed by atoms with van der Waals surface area (Å²) in [6, 6.07) is 13.2. The van der Waals surface area contributed by atoms with E-state index in [1.807, 2.05) is 7.05 Å². The van der Waals surface area contributed by atoms with Gasteiger partial charge in [0.15, 0.2) is 11.5 Å². The zero-order valence-electron chi connectivity index (χ0n) is 18.1. The molecule has 0 saturated carbocycles. The number of nitrogens with zero attached hydrogens (tertiary/aromatic N) is 2. The van der Waals surface area contributed by atoms with E-state index in [-0.39, 0.29) is 17.2 Å². The summed E-state index contributed by atoms with van der Waals surface area (Å²) in [6.45, 7) is 6.43. The monoisotopic (exact) mass is 412 g/mol. The van der Waals surface area contributed by atoms with Gasteiger partial charge < -0.3 is 20.0 Å². The highest BCUT2D eigenvalue weighted by molar-refractivity contribution is 5.97. The fraction of sp³-hybridized carbons (Fsp3) is 0.348. The second kappa shape index (κ2) is 10.7. The van der Waals surface area contributed by atoms with Gasteiger partial charge in [-0.3, -0.25) is 10.2 Å². The molecule has 0 heterocycles. The first-order chi connectivity index (χ1) is 14.2. The molecule has 5 N–H and O–H groups in total. The molecule has 2 aromatic carbocycles. The van der Waals surface area contributed by atoms with E-state index in [0.29, 0.717) is 24.6 Å². The van der Waals surface area contributed by atoms with Crippen LogP contribution in [-0.2, 0) is 11.3 Å². The van der Waals surface area contributed by atoms with E-state index in [9.17, 15) is 15.0 Å². The molecule has 0 aliphatic heterocycles. The molecule has 0 saturated heterocycles. The first-order valence-corrected chi connectivity index (χ1v) is 9.95. The lowest BCUT2D eigenvalue weighted by molar-refractivity contribution is -0.118. The summed E-state index contributed by atoms with van der Waals surface area (Å²) in [5.41, 5.74) is 5.30. The number of carbonyl (C=O) groups excluding carboxylic acids is 1. The van der Waals surface area contributed by atoms with E-state index in [1.54, 1.807) is 24.1 Å². The van der Waals surface area contributed by atoms with Crippen LogP contribution < -0.4 is 11.3 Å². The molecule has 0 atom stereocenters. The van der Waals surface area contributed by atoms with Gasteiger partial charge in [0, 0.05) is 32.2 Å². The van der Waals surface area contributed by atoms with Crippen molar-refractivity contribution in [3.8, 4) is 11.5 Å². The lowest BCUT2D eigenvalue weighted by atomic mass is 10.0. The minimum Gasteiger partial charge on any atom is -0.504 e. The number of carbonyl (C=O) groups is 1. The molecule has 2 aromatic rings. The molecule has 162 valence electrons. The Morgan fingerprint density at radius 3 is 2.37 bits per heavy atom. The van der Waals surface area contributed by atoms with E-state index in [1.165, 1.54) is 23.3 Å². The number of likely N-dealkylation sites (N-methyl/N-ethyl adjacent to an activating group) is 2. The maximum atomic E-state index is 12.3. The molecule has 0 aliphatic carbocycles. The van der Waals surface area contributed by atoms with Crippen molar-refractivity contribution in [1.29, 1.82) is 0 Å². The normalized spacial score (nSPS) is 11.8. The second-order valence-electron chi connectivity index (χ2n) is 7.77. The molecule has 0 spiro atoms. The van der Waals surface area contributed by atoms with Gasteiger partial charge in [-0.2, -0.15) is 0 Å². The van der Waals surface area contributed by atoms with Crippen molar-refractivity contribution in [1.82, 2.24) is 15.2 Å². The van der Waals surface area contributed by atoms with Gasteiger partial charge in [-0.25, -0.2) is 5.84 Å². The molecule has 0 radical (unpaired) electrons. The average Bonchev–Trinajstić information content (AvgIpc) is 2.73. The summed E-state index contributed by atoms with van der Waals surface area (Å²) in [7, 11) is 3.81. The molecule has 30 heavy (non-hydrogen) atoms. The van der Waals surface area contributed by atoms with Gasteiger partial charge in [-0.15, -0.1) is 0 Å². The van der Waals surface area contributed by atoms with Crippen molar-refractivity contribution in [2.45, 2.75) is 26.3 Å². The third-order valence-corrected chi connectivity index (χ3v) is 5.03. The van der Waals surface area contributed by atoms with Crippen molar-refractivity contribution in [3.63, 3.8) is 0 Å². The maximum Gasteiger partial charge on any atom is 0.281 e. The van der Waals surface area contributed by atoms with E-state index in [4.69, 9.17) is 5.84 Å². The van der Waals surface area contributed by atoms with Gasteiger partial charge in [-0.05, 0) is 36.2 Å². The van der Waals surface area contributed by atoms with Crippen molar-refractivity contribution in [2.75, 3.05) is 27.2 Å². The Balaban J connectivity index is 2.04. The minimum absolute atomic E-state index is 0.248. The van der Waals surface area contributed by atoms with Crippen LogP contribution in [0.15, 0.2) is 48.2 Å². The molecule has 0 bridgehead atoms. The Morgan fingerprint density at radius 1 is 1.10 bits per heavy atom. The topological polar surface area (TPSA) is 102 Å². The van der Waals surface area contributed by atoms with Crippen molar-refractivity contribution in [2.24, 2.45) is 5.84 Å². The molecule has 0 aliphatic rings. The third-order valence-electron chi connectivity index (χ3n) is 5.03. The van der Waals surface area contributed by atoms with Crippen LogP contribution in [-0.4, -0.2) is 53.1 Å².